The van der Waals surface area contributed by atoms with Crippen LogP contribution < -0.4 is 0 Å². The molecule has 0 radical (unpaired) electrons. The molecule has 4 aliphatic rings. The van der Waals surface area contributed by atoms with E-state index in [1.54, 1.807) is 6.92 Å². The predicted molar refractivity (Wildman–Crippen MR) is 131 cm³/mol. The molecule has 2 N–H and O–H groups in total. The van der Waals surface area contributed by atoms with Crippen molar-refractivity contribution < 1.29 is 19.8 Å². The van der Waals surface area contributed by atoms with Crippen molar-refractivity contribution in [3.8, 4) is 0 Å². The van der Waals surface area contributed by atoms with Gasteiger partial charge in [0.05, 0.1) is 0 Å². The fraction of sp³-hybridized carbons (Fsp3) is 0.793. The summed E-state index contributed by atoms with van der Waals surface area (Å²) in [5.41, 5.74) is 1.58. The van der Waals surface area contributed by atoms with Gasteiger partial charge in [-0.3, -0.25) is 4.79 Å². The van der Waals surface area contributed by atoms with Crippen LogP contribution in [-0.4, -0.2) is 22.2 Å². The van der Waals surface area contributed by atoms with E-state index >= 15 is 0 Å². The third kappa shape index (κ3) is 3.45. The summed E-state index contributed by atoms with van der Waals surface area (Å²) < 4.78 is 0. The van der Waals surface area contributed by atoms with Crippen LogP contribution in [-0.2, 0) is 9.59 Å². The van der Waals surface area contributed by atoms with Crippen molar-refractivity contribution in [3.05, 3.63) is 24.3 Å². The number of aliphatic carboxylic acids is 2. The van der Waals surface area contributed by atoms with Crippen molar-refractivity contribution in [1.29, 1.82) is 0 Å². The second-order valence-corrected chi connectivity index (χ2v) is 12.6. The van der Waals surface area contributed by atoms with Crippen LogP contribution in [0.25, 0.3) is 0 Å². The zero-order chi connectivity index (χ0) is 24.2. The van der Waals surface area contributed by atoms with Gasteiger partial charge in [0.1, 0.15) is 0 Å². The molecule has 0 heterocycles. The van der Waals surface area contributed by atoms with E-state index in [4.69, 9.17) is 5.11 Å². The minimum Gasteiger partial charge on any atom is -0.481 e. The van der Waals surface area contributed by atoms with E-state index in [1.807, 2.05) is 6.08 Å². The van der Waals surface area contributed by atoms with E-state index in [1.165, 1.54) is 44.9 Å². The Kier molecular flexibility index (Phi) is 6.15. The highest BCUT2D eigenvalue weighted by Gasteiger charge is 2.79. The maximum Gasteiger partial charge on any atom is 0.330 e. The third-order valence-corrected chi connectivity index (χ3v) is 11.8. The Morgan fingerprint density at radius 3 is 2.45 bits per heavy atom. The van der Waals surface area contributed by atoms with Gasteiger partial charge in [-0.25, -0.2) is 4.79 Å². The molecule has 8 atom stereocenters. The number of carboxylic acids is 2. The molecule has 0 bridgehead atoms. The SMILES string of the molecule is C=CC1CCC2C3(C)CCC(C(C)CCC=C(C)C(=O)O)C3(C)CCC23CC13CCC(=O)O. The molecule has 0 aromatic heterocycles. The van der Waals surface area contributed by atoms with Crippen LogP contribution in [0.1, 0.15) is 98.3 Å². The lowest BCUT2D eigenvalue weighted by atomic mass is 9.44. The van der Waals surface area contributed by atoms with Gasteiger partial charge in [0.25, 0.3) is 0 Å². The topological polar surface area (TPSA) is 74.6 Å². The second kappa shape index (κ2) is 8.27. The Morgan fingerprint density at radius 2 is 1.82 bits per heavy atom. The number of carbonyl (C=O) groups is 2. The first kappa shape index (κ1) is 24.5. The third-order valence-electron chi connectivity index (χ3n) is 11.8. The largest absolute Gasteiger partial charge is 0.481 e. The first-order valence-electron chi connectivity index (χ1n) is 13.2. The highest BCUT2D eigenvalue weighted by atomic mass is 16.4. The molecule has 1 spiro atoms. The molecule has 0 amide bonds. The van der Waals surface area contributed by atoms with Gasteiger partial charge >= 0.3 is 11.9 Å². The van der Waals surface area contributed by atoms with E-state index in [2.05, 4.69) is 33.4 Å². The van der Waals surface area contributed by atoms with Gasteiger partial charge in [-0.15, -0.1) is 6.58 Å². The van der Waals surface area contributed by atoms with Gasteiger partial charge in [-0.1, -0.05) is 32.9 Å². The average Bonchev–Trinajstić information content (AvgIpc) is 3.35. The lowest BCUT2D eigenvalue weighted by Gasteiger charge is -2.61. The highest BCUT2D eigenvalue weighted by molar-refractivity contribution is 5.85. The molecule has 0 aliphatic heterocycles. The van der Waals surface area contributed by atoms with Crippen LogP contribution in [0.4, 0.5) is 0 Å². The molecule has 8 unspecified atom stereocenters. The molecular weight excluding hydrogens is 412 g/mol. The fourth-order valence-corrected chi connectivity index (χ4v) is 9.80. The quantitative estimate of drug-likeness (QED) is 0.286. The zero-order valence-corrected chi connectivity index (χ0v) is 21.2. The van der Waals surface area contributed by atoms with Gasteiger partial charge in [0.15, 0.2) is 0 Å². The summed E-state index contributed by atoms with van der Waals surface area (Å²) in [6.45, 7) is 13.4. The van der Waals surface area contributed by atoms with Crippen molar-refractivity contribution in [1.82, 2.24) is 0 Å². The number of rotatable bonds is 9. The van der Waals surface area contributed by atoms with Crippen LogP contribution >= 0.6 is 0 Å². The summed E-state index contributed by atoms with van der Waals surface area (Å²) in [4.78, 5) is 22.6. The molecule has 33 heavy (non-hydrogen) atoms. The number of carboxylic acid groups (broad SMARTS) is 2. The molecule has 0 aromatic rings. The van der Waals surface area contributed by atoms with Crippen LogP contribution in [0.15, 0.2) is 24.3 Å². The Bertz CT molecular complexity index is 860. The standard InChI is InChI=1S/C29H44O4/c1-6-21-10-11-23-27(5)14-12-22(19(2)8-7-9-20(3)25(32)33)26(27,4)16-17-29(23)18-28(21,29)15-13-24(30)31/h6,9,19,21-23H,1,7-8,10-18H2,2-5H3,(H,30,31)(H,32,33). The molecular formula is C29H44O4. The summed E-state index contributed by atoms with van der Waals surface area (Å²) >= 11 is 0. The van der Waals surface area contributed by atoms with Gasteiger partial charge in [0, 0.05) is 12.0 Å². The normalized spacial score (nSPS) is 44.8. The van der Waals surface area contributed by atoms with Crippen molar-refractivity contribution in [3.63, 3.8) is 0 Å². The van der Waals surface area contributed by atoms with E-state index < -0.39 is 11.9 Å². The first-order chi connectivity index (χ1) is 15.5. The van der Waals surface area contributed by atoms with Crippen molar-refractivity contribution >= 4 is 11.9 Å². The van der Waals surface area contributed by atoms with E-state index in [9.17, 15) is 14.7 Å². The van der Waals surface area contributed by atoms with Gasteiger partial charge in [-0.2, -0.15) is 0 Å². The van der Waals surface area contributed by atoms with E-state index in [0.717, 1.165) is 19.3 Å². The fourth-order valence-electron chi connectivity index (χ4n) is 9.80. The van der Waals surface area contributed by atoms with Gasteiger partial charge in [-0.05, 0) is 116 Å². The number of hydrogen-bond acceptors (Lipinski definition) is 2. The molecule has 4 fully saturated rings. The van der Waals surface area contributed by atoms with E-state index in [-0.39, 0.29) is 11.8 Å². The van der Waals surface area contributed by atoms with Crippen molar-refractivity contribution in [2.75, 3.05) is 0 Å². The van der Waals surface area contributed by atoms with Crippen molar-refractivity contribution in [2.24, 2.45) is 45.3 Å². The predicted octanol–water partition coefficient (Wildman–Crippen LogP) is 7.10. The Hall–Kier alpha value is -1.58. The number of hydrogen-bond donors (Lipinski definition) is 2. The van der Waals surface area contributed by atoms with Crippen LogP contribution in [0.3, 0.4) is 0 Å². The summed E-state index contributed by atoms with van der Waals surface area (Å²) in [6, 6.07) is 0. The average molecular weight is 457 g/mol. The summed E-state index contributed by atoms with van der Waals surface area (Å²) in [5.74, 6) is 0.963. The molecule has 184 valence electrons. The zero-order valence-electron chi connectivity index (χ0n) is 21.2. The van der Waals surface area contributed by atoms with Crippen LogP contribution in [0.2, 0.25) is 0 Å². The minimum absolute atomic E-state index is 0.170. The smallest absolute Gasteiger partial charge is 0.330 e. The van der Waals surface area contributed by atoms with Gasteiger partial charge in [0.2, 0.25) is 0 Å². The molecule has 0 aromatic carbocycles. The highest BCUT2D eigenvalue weighted by Crippen LogP contribution is 2.87. The van der Waals surface area contributed by atoms with Crippen molar-refractivity contribution in [2.45, 2.75) is 98.3 Å². The monoisotopic (exact) mass is 456 g/mol. The molecule has 4 nitrogen and oxygen atoms in total. The molecule has 4 saturated carbocycles. The molecule has 4 rings (SSSR count). The molecule has 0 saturated heterocycles. The van der Waals surface area contributed by atoms with Crippen LogP contribution in [0.5, 0.6) is 0 Å². The molecule has 4 heteroatoms. The Morgan fingerprint density at radius 1 is 1.09 bits per heavy atom. The van der Waals surface area contributed by atoms with E-state index in [0.29, 0.717) is 45.5 Å². The maximum absolute atomic E-state index is 11.5. The minimum atomic E-state index is -0.813. The lowest BCUT2D eigenvalue weighted by molar-refractivity contribution is -0.139. The van der Waals surface area contributed by atoms with Gasteiger partial charge < -0.3 is 10.2 Å². The maximum atomic E-state index is 11.5. The second-order valence-electron chi connectivity index (χ2n) is 12.6. The Labute approximate surface area is 199 Å². The lowest BCUT2D eigenvalue weighted by Crippen LogP contribution is -2.54. The summed E-state index contributed by atoms with van der Waals surface area (Å²) in [6.07, 6.45) is 15.7. The summed E-state index contributed by atoms with van der Waals surface area (Å²) in [5, 5.41) is 18.6. The first-order valence-corrected chi connectivity index (χ1v) is 13.2. The molecule has 4 aliphatic carbocycles. The number of allylic oxidation sites excluding steroid dienone is 2. The van der Waals surface area contributed by atoms with Crippen LogP contribution in [0, 0.1) is 45.3 Å². The Balaban J connectivity index is 1.55. The number of fused-ring (bicyclic) bond motifs is 2. The summed E-state index contributed by atoms with van der Waals surface area (Å²) in [7, 11) is 0.